The molecule has 3 aliphatic rings. The van der Waals surface area contributed by atoms with Gasteiger partial charge < -0.3 is 25.6 Å². The van der Waals surface area contributed by atoms with Crippen molar-refractivity contribution in [1.29, 1.82) is 0 Å². The minimum absolute atomic E-state index is 0.0198. The van der Waals surface area contributed by atoms with E-state index >= 15 is 0 Å². The standard InChI is InChI=1S/C26H39N5O4/c1-4-9-29-10-12-30(13-11-29)19-7-5-18(6-8-19)25(33)28-21(14-17(2)3)26(34)31-15-20(27)24-23(31)22(32)16-35-24/h5-8,17,20-21,23-24H,4,9-16,27H2,1-3H3,(H,28,33)/t20-,21+,23-,24-/m1/s1. The Balaban J connectivity index is 1.40. The Bertz CT molecular complexity index is 913. The van der Waals surface area contributed by atoms with Crippen molar-refractivity contribution >= 4 is 23.3 Å². The van der Waals surface area contributed by atoms with Crippen LogP contribution in [0.3, 0.4) is 0 Å². The highest BCUT2D eigenvalue weighted by molar-refractivity contribution is 5.99. The molecule has 0 aliphatic carbocycles. The second kappa shape index (κ2) is 11.1. The van der Waals surface area contributed by atoms with E-state index in [9.17, 15) is 14.4 Å². The summed E-state index contributed by atoms with van der Waals surface area (Å²) in [6, 6.07) is 5.80. The zero-order valence-corrected chi connectivity index (χ0v) is 21.1. The minimum atomic E-state index is -0.729. The Morgan fingerprint density at radius 1 is 1.14 bits per heavy atom. The number of likely N-dealkylation sites (tertiary alicyclic amines) is 1. The number of ether oxygens (including phenoxy) is 1. The van der Waals surface area contributed by atoms with Crippen molar-refractivity contribution in [2.75, 3.05) is 50.8 Å². The number of nitrogens with two attached hydrogens (primary N) is 1. The molecule has 0 radical (unpaired) electrons. The van der Waals surface area contributed by atoms with Crippen LogP contribution in [-0.4, -0.2) is 97.5 Å². The number of fused-ring (bicyclic) bond motifs is 1. The molecule has 3 saturated heterocycles. The predicted molar refractivity (Wildman–Crippen MR) is 134 cm³/mol. The second-order valence-corrected chi connectivity index (χ2v) is 10.4. The number of amides is 2. The summed E-state index contributed by atoms with van der Waals surface area (Å²) < 4.78 is 5.51. The molecule has 4 atom stereocenters. The van der Waals surface area contributed by atoms with Gasteiger partial charge >= 0.3 is 0 Å². The third-order valence-corrected chi connectivity index (χ3v) is 7.22. The Kier molecular flexibility index (Phi) is 8.09. The Labute approximate surface area is 207 Å². The first-order chi connectivity index (χ1) is 16.8. The molecular weight excluding hydrogens is 446 g/mol. The fourth-order valence-electron chi connectivity index (χ4n) is 5.42. The molecule has 0 spiro atoms. The van der Waals surface area contributed by atoms with E-state index in [4.69, 9.17) is 10.5 Å². The molecule has 0 unspecified atom stereocenters. The molecule has 192 valence electrons. The minimum Gasteiger partial charge on any atom is -0.369 e. The van der Waals surface area contributed by atoms with E-state index < -0.39 is 24.2 Å². The summed E-state index contributed by atoms with van der Waals surface area (Å²) in [4.78, 5) is 45.2. The lowest BCUT2D eigenvalue weighted by Crippen LogP contribution is -2.52. The van der Waals surface area contributed by atoms with Gasteiger partial charge in [-0.1, -0.05) is 20.8 Å². The molecule has 3 aliphatic heterocycles. The van der Waals surface area contributed by atoms with Crippen LogP contribution in [0, 0.1) is 5.92 Å². The van der Waals surface area contributed by atoms with Crippen molar-refractivity contribution in [2.24, 2.45) is 11.7 Å². The zero-order chi connectivity index (χ0) is 25.1. The van der Waals surface area contributed by atoms with Crippen LogP contribution >= 0.6 is 0 Å². The molecule has 9 heteroatoms. The largest absolute Gasteiger partial charge is 0.369 e. The molecule has 0 saturated carbocycles. The van der Waals surface area contributed by atoms with Gasteiger partial charge in [0.25, 0.3) is 5.91 Å². The molecule has 1 aromatic carbocycles. The van der Waals surface area contributed by atoms with Crippen LogP contribution in [-0.2, 0) is 14.3 Å². The van der Waals surface area contributed by atoms with Crippen molar-refractivity contribution in [1.82, 2.24) is 15.1 Å². The van der Waals surface area contributed by atoms with Crippen LogP contribution in [0.25, 0.3) is 0 Å². The smallest absolute Gasteiger partial charge is 0.251 e. The average Bonchev–Trinajstić information content (AvgIpc) is 3.39. The molecule has 0 aromatic heterocycles. The third-order valence-electron chi connectivity index (χ3n) is 7.22. The molecule has 9 nitrogen and oxygen atoms in total. The summed E-state index contributed by atoms with van der Waals surface area (Å²) in [5, 5.41) is 2.93. The number of nitrogens with one attached hydrogen (secondary N) is 1. The quantitative estimate of drug-likeness (QED) is 0.562. The van der Waals surface area contributed by atoms with Gasteiger partial charge in [-0.15, -0.1) is 0 Å². The van der Waals surface area contributed by atoms with E-state index in [-0.39, 0.29) is 36.7 Å². The highest BCUT2D eigenvalue weighted by Gasteiger charge is 2.52. The maximum atomic E-state index is 13.5. The van der Waals surface area contributed by atoms with Gasteiger partial charge in [0.1, 0.15) is 24.8 Å². The number of anilines is 1. The fourth-order valence-corrected chi connectivity index (χ4v) is 5.42. The Morgan fingerprint density at radius 3 is 2.46 bits per heavy atom. The van der Waals surface area contributed by atoms with Gasteiger partial charge in [-0.2, -0.15) is 0 Å². The van der Waals surface area contributed by atoms with E-state index in [0.29, 0.717) is 12.0 Å². The lowest BCUT2D eigenvalue weighted by atomic mass is 10.0. The molecule has 2 amide bonds. The maximum absolute atomic E-state index is 13.5. The number of carbonyl (C=O) groups is 3. The summed E-state index contributed by atoms with van der Waals surface area (Å²) in [5.74, 6) is -0.509. The van der Waals surface area contributed by atoms with E-state index in [0.717, 1.165) is 38.4 Å². The number of hydrogen-bond donors (Lipinski definition) is 2. The first-order valence-corrected chi connectivity index (χ1v) is 12.9. The van der Waals surface area contributed by atoms with Crippen LogP contribution < -0.4 is 16.0 Å². The number of benzene rings is 1. The van der Waals surface area contributed by atoms with Crippen LogP contribution in [0.5, 0.6) is 0 Å². The normalized spacial score (nSPS) is 25.7. The zero-order valence-electron chi connectivity index (χ0n) is 21.1. The van der Waals surface area contributed by atoms with Gasteiger partial charge in [0, 0.05) is 44.0 Å². The monoisotopic (exact) mass is 485 g/mol. The first kappa shape index (κ1) is 25.6. The van der Waals surface area contributed by atoms with Crippen LogP contribution in [0.2, 0.25) is 0 Å². The second-order valence-electron chi connectivity index (χ2n) is 10.4. The first-order valence-electron chi connectivity index (χ1n) is 12.9. The topological polar surface area (TPSA) is 108 Å². The molecule has 3 N–H and O–H groups in total. The number of Topliss-reactive ketones (excluding diaryl/α,β-unsaturated/α-hetero) is 1. The summed E-state index contributed by atoms with van der Waals surface area (Å²) in [6.45, 7) is 11.6. The van der Waals surface area contributed by atoms with Crippen LogP contribution in [0.15, 0.2) is 24.3 Å². The lowest BCUT2D eigenvalue weighted by Gasteiger charge is -2.36. The molecular formula is C26H39N5O4. The van der Waals surface area contributed by atoms with Crippen molar-refractivity contribution in [3.63, 3.8) is 0 Å². The number of hydrogen-bond acceptors (Lipinski definition) is 7. The lowest BCUT2D eigenvalue weighted by molar-refractivity contribution is -0.138. The third kappa shape index (κ3) is 5.68. The van der Waals surface area contributed by atoms with Crippen molar-refractivity contribution in [3.8, 4) is 0 Å². The van der Waals surface area contributed by atoms with Gasteiger partial charge in [0.2, 0.25) is 5.91 Å². The molecule has 0 bridgehead atoms. The summed E-state index contributed by atoms with van der Waals surface area (Å²) in [7, 11) is 0. The number of ketones is 1. The van der Waals surface area contributed by atoms with E-state index in [2.05, 4.69) is 22.0 Å². The maximum Gasteiger partial charge on any atom is 0.251 e. The molecule has 4 rings (SSSR count). The Morgan fingerprint density at radius 2 is 1.83 bits per heavy atom. The number of nitrogens with zero attached hydrogens (tertiary/aromatic N) is 3. The van der Waals surface area contributed by atoms with Crippen LogP contribution in [0.4, 0.5) is 5.69 Å². The van der Waals surface area contributed by atoms with Crippen molar-refractivity contribution in [2.45, 2.75) is 57.8 Å². The molecule has 3 fully saturated rings. The van der Waals surface area contributed by atoms with E-state index in [1.54, 1.807) is 0 Å². The van der Waals surface area contributed by atoms with Gasteiger partial charge in [-0.25, -0.2) is 0 Å². The predicted octanol–water partition coefficient (Wildman–Crippen LogP) is 0.869. The SMILES string of the molecule is CCCN1CCN(c2ccc(C(=O)N[C@@H](CC(C)C)C(=O)N3C[C@@H](N)[C@H]4OCC(=O)[C@H]43)cc2)CC1. The summed E-state index contributed by atoms with van der Waals surface area (Å²) >= 11 is 0. The van der Waals surface area contributed by atoms with Crippen molar-refractivity contribution in [3.05, 3.63) is 29.8 Å². The van der Waals surface area contributed by atoms with Gasteiger partial charge in [0.05, 0.1) is 6.04 Å². The highest BCUT2D eigenvalue weighted by Crippen LogP contribution is 2.28. The summed E-state index contributed by atoms with van der Waals surface area (Å²) in [6.07, 6.45) is 1.18. The number of rotatable bonds is 8. The van der Waals surface area contributed by atoms with Gasteiger partial charge in [0.15, 0.2) is 5.78 Å². The van der Waals surface area contributed by atoms with E-state index in [1.807, 2.05) is 38.1 Å². The summed E-state index contributed by atoms with van der Waals surface area (Å²) in [5.41, 5.74) is 7.75. The van der Waals surface area contributed by atoms with E-state index in [1.165, 1.54) is 11.3 Å². The average molecular weight is 486 g/mol. The van der Waals surface area contributed by atoms with Crippen molar-refractivity contribution < 1.29 is 19.1 Å². The van der Waals surface area contributed by atoms with Crippen LogP contribution in [0.1, 0.15) is 44.0 Å². The number of piperazine rings is 1. The highest BCUT2D eigenvalue weighted by atomic mass is 16.5. The molecule has 3 heterocycles. The fraction of sp³-hybridized carbons (Fsp3) is 0.654. The van der Waals surface area contributed by atoms with Gasteiger partial charge in [-0.05, 0) is 49.6 Å². The molecule has 1 aromatic rings. The number of carbonyl (C=O) groups excluding carboxylic acids is 3. The Hall–Kier alpha value is -2.49. The molecule has 35 heavy (non-hydrogen) atoms. The van der Waals surface area contributed by atoms with Gasteiger partial charge in [-0.3, -0.25) is 19.3 Å².